The second kappa shape index (κ2) is 7.47. The third-order valence-electron chi connectivity index (χ3n) is 2.73. The van der Waals surface area contributed by atoms with E-state index in [9.17, 15) is 4.79 Å². The average molecular weight is 289 g/mol. The van der Waals surface area contributed by atoms with Crippen LogP contribution in [0.5, 0.6) is 0 Å². The van der Waals surface area contributed by atoms with Crippen molar-refractivity contribution in [1.82, 2.24) is 14.7 Å². The van der Waals surface area contributed by atoms with Gasteiger partial charge in [-0.05, 0) is 21.0 Å². The van der Waals surface area contributed by atoms with Crippen LogP contribution >= 0.6 is 11.6 Å². The summed E-state index contributed by atoms with van der Waals surface area (Å²) in [5, 5.41) is 7.32. The van der Waals surface area contributed by atoms with Crippen LogP contribution in [0.2, 0.25) is 5.02 Å². The number of anilines is 1. The average Bonchev–Trinajstić information content (AvgIpc) is 2.38. The summed E-state index contributed by atoms with van der Waals surface area (Å²) in [6.45, 7) is 3.74. The fourth-order valence-electron chi connectivity index (χ4n) is 1.38. The van der Waals surface area contributed by atoms with Gasteiger partial charge in [-0.1, -0.05) is 11.6 Å². The lowest BCUT2D eigenvalue weighted by atomic mass is 10.3. The molecule has 0 aliphatic rings. The minimum absolute atomic E-state index is 0.0345. The van der Waals surface area contributed by atoms with E-state index in [-0.39, 0.29) is 16.7 Å². The molecule has 0 aliphatic heterocycles. The van der Waals surface area contributed by atoms with Gasteiger partial charge in [-0.15, -0.1) is 0 Å². The number of likely N-dealkylation sites (N-methyl/N-ethyl adjacent to an activating group) is 1. The molecule has 1 aromatic heterocycles. The number of halogens is 1. The molecule has 0 amide bonds. The molecule has 108 valence electrons. The molecule has 0 spiro atoms. The first-order valence-corrected chi connectivity index (χ1v) is 6.50. The van der Waals surface area contributed by atoms with Crippen LogP contribution in [0.1, 0.15) is 6.92 Å². The predicted molar refractivity (Wildman–Crippen MR) is 77.0 cm³/mol. The summed E-state index contributed by atoms with van der Waals surface area (Å²) in [4.78, 5) is 14.0. The summed E-state index contributed by atoms with van der Waals surface area (Å²) in [6, 6.07) is 0. The van der Waals surface area contributed by atoms with Crippen LogP contribution in [-0.4, -0.2) is 55.1 Å². The molecule has 0 radical (unpaired) electrons. The zero-order valence-electron chi connectivity index (χ0n) is 11.8. The first-order valence-electron chi connectivity index (χ1n) is 6.12. The summed E-state index contributed by atoms with van der Waals surface area (Å²) < 4.78 is 6.48. The van der Waals surface area contributed by atoms with Crippen LogP contribution in [-0.2, 0) is 11.3 Å². The van der Waals surface area contributed by atoms with Gasteiger partial charge in [-0.2, -0.15) is 5.10 Å². The lowest BCUT2D eigenvalue weighted by Crippen LogP contribution is -2.29. The van der Waals surface area contributed by atoms with Gasteiger partial charge in [0.15, 0.2) is 0 Å². The van der Waals surface area contributed by atoms with Gasteiger partial charge < -0.3 is 15.0 Å². The summed E-state index contributed by atoms with van der Waals surface area (Å²) in [5.74, 6) is 0. The number of ether oxygens (including phenoxy) is 1. The summed E-state index contributed by atoms with van der Waals surface area (Å²) in [6.07, 6.45) is 1.61. The van der Waals surface area contributed by atoms with Crippen LogP contribution in [0, 0.1) is 0 Å². The Balaban J connectivity index is 2.77. The van der Waals surface area contributed by atoms with E-state index in [0.29, 0.717) is 18.8 Å². The number of nitrogens with one attached hydrogen (secondary N) is 1. The van der Waals surface area contributed by atoms with Crippen LogP contribution in [0.15, 0.2) is 11.0 Å². The zero-order valence-corrected chi connectivity index (χ0v) is 12.6. The smallest absolute Gasteiger partial charge is 0.287 e. The lowest BCUT2D eigenvalue weighted by molar-refractivity contribution is 0.129. The number of methoxy groups -OCH3 is 1. The monoisotopic (exact) mass is 288 g/mol. The van der Waals surface area contributed by atoms with Crippen molar-refractivity contribution < 1.29 is 4.74 Å². The maximum Gasteiger partial charge on any atom is 0.287 e. The number of nitrogens with zero attached hydrogens (tertiary/aromatic N) is 3. The highest BCUT2D eigenvalue weighted by molar-refractivity contribution is 6.32. The molecule has 0 bridgehead atoms. The largest absolute Gasteiger partial charge is 0.380 e. The number of hydrogen-bond donors (Lipinski definition) is 1. The van der Waals surface area contributed by atoms with Gasteiger partial charge in [0.2, 0.25) is 0 Å². The van der Waals surface area contributed by atoms with E-state index in [1.807, 2.05) is 25.9 Å². The molecule has 1 unspecified atom stereocenters. The van der Waals surface area contributed by atoms with Crippen molar-refractivity contribution >= 4 is 17.3 Å². The van der Waals surface area contributed by atoms with Crippen molar-refractivity contribution in [3.63, 3.8) is 0 Å². The third kappa shape index (κ3) is 4.81. The molecule has 6 nitrogen and oxygen atoms in total. The molecule has 0 saturated heterocycles. The molecule has 1 aromatic rings. The standard InChI is InChI=1S/C12H21ClN4O2/c1-9(19-4)7-14-10-8-15-17(6-5-16(2)3)12(18)11(10)13/h8-9,14H,5-7H2,1-4H3. The second-order valence-corrected chi connectivity index (χ2v) is 5.01. The third-order valence-corrected chi connectivity index (χ3v) is 3.09. The van der Waals surface area contributed by atoms with Crippen molar-refractivity contribution in [2.75, 3.05) is 39.6 Å². The van der Waals surface area contributed by atoms with Crippen molar-refractivity contribution in [2.45, 2.75) is 19.6 Å². The Morgan fingerprint density at radius 3 is 2.84 bits per heavy atom. The topological polar surface area (TPSA) is 59.4 Å². The molecule has 7 heteroatoms. The first-order chi connectivity index (χ1) is 8.95. The Morgan fingerprint density at radius 2 is 2.26 bits per heavy atom. The number of rotatable bonds is 7. The van der Waals surface area contributed by atoms with E-state index in [1.165, 1.54) is 4.68 Å². The normalized spacial score (nSPS) is 12.7. The van der Waals surface area contributed by atoms with Gasteiger partial charge in [-0.25, -0.2) is 4.68 Å². The van der Waals surface area contributed by atoms with Gasteiger partial charge in [0, 0.05) is 20.2 Å². The van der Waals surface area contributed by atoms with Crippen LogP contribution < -0.4 is 10.9 Å². The highest BCUT2D eigenvalue weighted by Crippen LogP contribution is 2.15. The maximum atomic E-state index is 12.0. The molecule has 1 heterocycles. The highest BCUT2D eigenvalue weighted by Gasteiger charge is 2.10. The molecular weight excluding hydrogens is 268 g/mol. The highest BCUT2D eigenvalue weighted by atomic mass is 35.5. The van der Waals surface area contributed by atoms with Crippen molar-refractivity contribution in [1.29, 1.82) is 0 Å². The first kappa shape index (κ1) is 15.9. The van der Waals surface area contributed by atoms with E-state index in [0.717, 1.165) is 6.54 Å². The predicted octanol–water partition coefficient (Wildman–Crippen LogP) is 0.905. The van der Waals surface area contributed by atoms with E-state index < -0.39 is 0 Å². The maximum absolute atomic E-state index is 12.0. The fourth-order valence-corrected chi connectivity index (χ4v) is 1.59. The van der Waals surface area contributed by atoms with E-state index in [1.54, 1.807) is 13.3 Å². The quantitative estimate of drug-likeness (QED) is 0.808. The number of hydrogen-bond acceptors (Lipinski definition) is 5. The Morgan fingerprint density at radius 1 is 1.58 bits per heavy atom. The van der Waals surface area contributed by atoms with Gasteiger partial charge in [0.1, 0.15) is 5.02 Å². The van der Waals surface area contributed by atoms with Crippen molar-refractivity contribution in [3.05, 3.63) is 21.6 Å². The van der Waals surface area contributed by atoms with Crippen molar-refractivity contribution in [2.24, 2.45) is 0 Å². The Kier molecular flexibility index (Phi) is 6.27. The van der Waals surface area contributed by atoms with Crippen LogP contribution in [0.3, 0.4) is 0 Å². The van der Waals surface area contributed by atoms with Crippen LogP contribution in [0.25, 0.3) is 0 Å². The van der Waals surface area contributed by atoms with E-state index >= 15 is 0 Å². The molecule has 0 aromatic carbocycles. The molecule has 0 saturated carbocycles. The second-order valence-electron chi connectivity index (χ2n) is 4.63. The van der Waals surface area contributed by atoms with E-state index in [2.05, 4.69) is 10.4 Å². The number of aromatic nitrogens is 2. The Hall–Kier alpha value is -1.11. The van der Waals surface area contributed by atoms with E-state index in [4.69, 9.17) is 16.3 Å². The minimum atomic E-state index is -0.279. The van der Waals surface area contributed by atoms with Crippen molar-refractivity contribution in [3.8, 4) is 0 Å². The molecule has 1 N–H and O–H groups in total. The molecule has 19 heavy (non-hydrogen) atoms. The SMILES string of the molecule is COC(C)CNc1cnn(CCN(C)C)c(=O)c1Cl. The summed E-state index contributed by atoms with van der Waals surface area (Å²) >= 11 is 6.05. The summed E-state index contributed by atoms with van der Waals surface area (Å²) in [5.41, 5.74) is 0.259. The van der Waals surface area contributed by atoms with Gasteiger partial charge in [0.05, 0.1) is 24.5 Å². The van der Waals surface area contributed by atoms with Gasteiger partial charge >= 0.3 is 0 Å². The van der Waals surface area contributed by atoms with Crippen LogP contribution in [0.4, 0.5) is 5.69 Å². The zero-order chi connectivity index (χ0) is 14.4. The molecule has 1 atom stereocenters. The molecular formula is C12H21ClN4O2. The Bertz CT molecular complexity index is 462. The molecule has 0 aliphatic carbocycles. The molecule has 0 fully saturated rings. The van der Waals surface area contributed by atoms with Gasteiger partial charge in [0.25, 0.3) is 5.56 Å². The summed E-state index contributed by atoms with van der Waals surface area (Å²) in [7, 11) is 5.51. The Labute approximate surface area is 118 Å². The fraction of sp³-hybridized carbons (Fsp3) is 0.667. The van der Waals surface area contributed by atoms with Gasteiger partial charge in [-0.3, -0.25) is 4.79 Å². The lowest BCUT2D eigenvalue weighted by Gasteiger charge is -2.14. The molecule has 1 rings (SSSR count). The minimum Gasteiger partial charge on any atom is -0.380 e.